The summed E-state index contributed by atoms with van der Waals surface area (Å²) in [7, 11) is -3.40. The van der Waals surface area contributed by atoms with E-state index in [4.69, 9.17) is 20.9 Å². The molecule has 0 aliphatic heterocycles. The van der Waals surface area contributed by atoms with Crippen LogP contribution in [0.2, 0.25) is 5.02 Å². The fraction of sp³-hybridized carbons (Fsp3) is 0.368. The summed E-state index contributed by atoms with van der Waals surface area (Å²) in [6.07, 6.45) is 2.98. The first-order chi connectivity index (χ1) is 13.8. The molecule has 10 heteroatoms. The van der Waals surface area contributed by atoms with Crippen LogP contribution in [0.3, 0.4) is 0 Å². The number of pyridine rings is 1. The Morgan fingerprint density at radius 2 is 2.07 bits per heavy atom. The fourth-order valence-electron chi connectivity index (χ4n) is 2.70. The summed E-state index contributed by atoms with van der Waals surface area (Å²) in [5.74, 6) is 0.969. The van der Waals surface area contributed by atoms with Crippen molar-refractivity contribution >= 4 is 49.8 Å². The molecule has 0 unspecified atom stereocenters. The molecular formula is C19H21ClN4O4S. The number of ether oxygens (including phenoxy) is 1. The van der Waals surface area contributed by atoms with Crippen LogP contribution in [0.1, 0.15) is 26.7 Å². The van der Waals surface area contributed by atoms with E-state index in [1.807, 2.05) is 13.8 Å². The standard InChI is InChI=1S/C19H21ClN4O4S/c1-11(2)10-27-19-16(20)7-13(9-21-19)22-12-3-6-15-17(8-12)28-23-18(15)24-29(25,26)14-4-5-14/h3,6-9,11,14,22H,4-5,10H2,1-2H3,(H,23,24). The van der Waals surface area contributed by atoms with Crippen LogP contribution in [0.5, 0.6) is 5.88 Å². The van der Waals surface area contributed by atoms with Crippen molar-refractivity contribution in [2.75, 3.05) is 16.6 Å². The Kier molecular flexibility index (Phi) is 5.26. The van der Waals surface area contributed by atoms with Gasteiger partial charge in [0.1, 0.15) is 5.02 Å². The monoisotopic (exact) mass is 436 g/mol. The molecule has 1 aliphatic carbocycles. The van der Waals surface area contributed by atoms with Crippen LogP contribution in [0.15, 0.2) is 35.0 Å². The molecule has 8 nitrogen and oxygen atoms in total. The molecule has 1 aromatic carbocycles. The lowest BCUT2D eigenvalue weighted by atomic mass is 10.2. The van der Waals surface area contributed by atoms with Crippen molar-refractivity contribution in [2.24, 2.45) is 5.92 Å². The maximum absolute atomic E-state index is 12.1. The molecule has 1 aliphatic rings. The lowest BCUT2D eigenvalue weighted by Crippen LogP contribution is -2.17. The molecule has 0 amide bonds. The maximum atomic E-state index is 12.1. The Labute approximate surface area is 173 Å². The van der Waals surface area contributed by atoms with Gasteiger partial charge in [-0.1, -0.05) is 30.6 Å². The van der Waals surface area contributed by atoms with Gasteiger partial charge in [0.2, 0.25) is 15.9 Å². The highest BCUT2D eigenvalue weighted by Gasteiger charge is 2.36. The number of nitrogens with zero attached hydrogens (tertiary/aromatic N) is 2. The van der Waals surface area contributed by atoms with Gasteiger partial charge in [-0.05, 0) is 37.0 Å². The first-order valence-electron chi connectivity index (χ1n) is 9.28. The number of anilines is 3. The summed E-state index contributed by atoms with van der Waals surface area (Å²) in [5.41, 5.74) is 1.86. The van der Waals surface area contributed by atoms with E-state index in [2.05, 4.69) is 20.2 Å². The Hall–Kier alpha value is -2.52. The van der Waals surface area contributed by atoms with Crippen molar-refractivity contribution in [1.82, 2.24) is 10.1 Å². The van der Waals surface area contributed by atoms with E-state index in [1.165, 1.54) is 0 Å². The third-order valence-corrected chi connectivity index (χ3v) is 6.42. The number of sulfonamides is 1. The minimum Gasteiger partial charge on any atom is -0.476 e. The third-order valence-electron chi connectivity index (χ3n) is 4.32. The number of rotatable bonds is 8. The highest BCUT2D eigenvalue weighted by molar-refractivity contribution is 7.93. The van der Waals surface area contributed by atoms with Gasteiger partial charge in [0.05, 0.1) is 29.1 Å². The lowest BCUT2D eigenvalue weighted by molar-refractivity contribution is 0.261. The van der Waals surface area contributed by atoms with Gasteiger partial charge in [-0.3, -0.25) is 4.72 Å². The summed E-state index contributed by atoms with van der Waals surface area (Å²) in [6.45, 7) is 4.63. The van der Waals surface area contributed by atoms with Crippen molar-refractivity contribution in [1.29, 1.82) is 0 Å². The highest BCUT2D eigenvalue weighted by Crippen LogP contribution is 2.33. The molecule has 154 valence electrons. The zero-order valence-corrected chi connectivity index (χ0v) is 17.5. The largest absolute Gasteiger partial charge is 0.476 e. The molecule has 29 heavy (non-hydrogen) atoms. The number of fused-ring (bicyclic) bond motifs is 1. The minimum absolute atomic E-state index is 0.204. The first-order valence-corrected chi connectivity index (χ1v) is 11.2. The summed E-state index contributed by atoms with van der Waals surface area (Å²) in [5, 5.41) is 7.71. The van der Waals surface area contributed by atoms with Crippen molar-refractivity contribution in [3.05, 3.63) is 35.5 Å². The molecule has 0 radical (unpaired) electrons. The second-order valence-corrected chi connectivity index (χ2v) is 9.80. The van der Waals surface area contributed by atoms with Crippen LogP contribution in [0, 0.1) is 5.92 Å². The topological polar surface area (TPSA) is 106 Å². The van der Waals surface area contributed by atoms with E-state index in [1.54, 1.807) is 30.5 Å². The normalized spacial score (nSPS) is 14.3. The smallest absolute Gasteiger partial charge is 0.236 e. The molecule has 0 bridgehead atoms. The van der Waals surface area contributed by atoms with Crippen molar-refractivity contribution in [3.8, 4) is 5.88 Å². The van der Waals surface area contributed by atoms with Crippen LogP contribution in [0.4, 0.5) is 17.2 Å². The van der Waals surface area contributed by atoms with Gasteiger partial charge < -0.3 is 14.6 Å². The molecule has 0 spiro atoms. The quantitative estimate of drug-likeness (QED) is 0.533. The van der Waals surface area contributed by atoms with Crippen LogP contribution in [-0.4, -0.2) is 30.4 Å². The van der Waals surface area contributed by atoms with Gasteiger partial charge >= 0.3 is 0 Å². The predicted molar refractivity (Wildman–Crippen MR) is 112 cm³/mol. The molecule has 2 heterocycles. The van der Waals surface area contributed by atoms with E-state index in [0.717, 1.165) is 5.69 Å². The Bertz CT molecular complexity index is 1140. The van der Waals surface area contributed by atoms with E-state index >= 15 is 0 Å². The second kappa shape index (κ2) is 7.72. The van der Waals surface area contributed by atoms with Crippen LogP contribution >= 0.6 is 11.6 Å². The molecule has 2 aromatic heterocycles. The number of aromatic nitrogens is 2. The van der Waals surface area contributed by atoms with Crippen LogP contribution in [0.25, 0.3) is 11.0 Å². The molecule has 1 fully saturated rings. The van der Waals surface area contributed by atoms with Crippen molar-refractivity contribution in [3.63, 3.8) is 0 Å². The van der Waals surface area contributed by atoms with Crippen LogP contribution in [-0.2, 0) is 10.0 Å². The molecule has 4 rings (SSSR count). The molecule has 1 saturated carbocycles. The van der Waals surface area contributed by atoms with E-state index in [-0.39, 0.29) is 11.1 Å². The molecular weight excluding hydrogens is 416 g/mol. The maximum Gasteiger partial charge on any atom is 0.236 e. The van der Waals surface area contributed by atoms with E-state index in [9.17, 15) is 8.42 Å². The van der Waals surface area contributed by atoms with E-state index < -0.39 is 10.0 Å². The van der Waals surface area contributed by atoms with Crippen molar-refractivity contribution < 1.29 is 17.7 Å². The summed E-state index contributed by atoms with van der Waals surface area (Å²) in [6, 6.07) is 7.00. The first kappa shape index (κ1) is 19.8. The summed E-state index contributed by atoms with van der Waals surface area (Å²) in [4.78, 5) is 4.25. The fourth-order valence-corrected chi connectivity index (χ4v) is 4.26. The van der Waals surface area contributed by atoms with Gasteiger partial charge in [-0.15, -0.1) is 0 Å². The van der Waals surface area contributed by atoms with Gasteiger partial charge in [-0.25, -0.2) is 13.4 Å². The number of benzene rings is 1. The van der Waals surface area contributed by atoms with Crippen LogP contribution < -0.4 is 14.8 Å². The summed E-state index contributed by atoms with van der Waals surface area (Å²) < 4.78 is 37.6. The molecule has 2 N–H and O–H groups in total. The Morgan fingerprint density at radius 1 is 1.28 bits per heavy atom. The lowest BCUT2D eigenvalue weighted by Gasteiger charge is -2.11. The van der Waals surface area contributed by atoms with Gasteiger partial charge in [0.15, 0.2) is 11.4 Å². The zero-order valence-electron chi connectivity index (χ0n) is 16.0. The Balaban J connectivity index is 1.49. The molecule has 0 saturated heterocycles. The average Bonchev–Trinajstić information content (AvgIpc) is 3.45. The van der Waals surface area contributed by atoms with E-state index in [0.29, 0.717) is 52.9 Å². The van der Waals surface area contributed by atoms with Crippen molar-refractivity contribution in [2.45, 2.75) is 31.9 Å². The molecule has 0 atom stereocenters. The predicted octanol–water partition coefficient (Wildman–Crippen LogP) is 4.56. The zero-order chi connectivity index (χ0) is 20.6. The third kappa shape index (κ3) is 4.56. The van der Waals surface area contributed by atoms with Gasteiger partial charge in [-0.2, -0.15) is 0 Å². The number of hydrogen-bond acceptors (Lipinski definition) is 7. The highest BCUT2D eigenvalue weighted by atomic mass is 35.5. The minimum atomic E-state index is -3.40. The SMILES string of the molecule is CC(C)COc1ncc(Nc2ccc3c(NS(=O)(=O)C4CC4)noc3c2)cc1Cl. The average molecular weight is 437 g/mol. The Morgan fingerprint density at radius 3 is 2.76 bits per heavy atom. The number of hydrogen-bond donors (Lipinski definition) is 2. The molecule has 3 aromatic rings. The second-order valence-electron chi connectivity index (χ2n) is 7.43. The van der Waals surface area contributed by atoms with Gasteiger partial charge in [0, 0.05) is 11.8 Å². The summed E-state index contributed by atoms with van der Waals surface area (Å²) >= 11 is 6.25. The van der Waals surface area contributed by atoms with Gasteiger partial charge in [0.25, 0.3) is 0 Å². The number of halogens is 1. The number of nitrogens with one attached hydrogen (secondary N) is 2.